The molecule has 0 amide bonds. The summed E-state index contributed by atoms with van der Waals surface area (Å²) in [6.45, 7) is 0.119. The first-order valence-corrected chi connectivity index (χ1v) is 9.09. The molecule has 1 heterocycles. The smallest absolute Gasteiger partial charge is 0.261 e. The van der Waals surface area contributed by atoms with Crippen LogP contribution in [0.25, 0.3) is 0 Å². The Kier molecular flexibility index (Phi) is 3.27. The summed E-state index contributed by atoms with van der Waals surface area (Å²) in [6.07, 6.45) is 6.03. The van der Waals surface area contributed by atoms with E-state index in [9.17, 15) is 10.2 Å². The second-order valence-corrected chi connectivity index (χ2v) is 8.00. The van der Waals surface area contributed by atoms with Gasteiger partial charge in [0.05, 0.1) is 13.2 Å². The summed E-state index contributed by atoms with van der Waals surface area (Å²) in [5, 5.41) is 19.3. The quantitative estimate of drug-likeness (QED) is 0.830. The van der Waals surface area contributed by atoms with Gasteiger partial charge in [0.1, 0.15) is 5.75 Å². The van der Waals surface area contributed by atoms with Crippen molar-refractivity contribution in [3.8, 4) is 5.75 Å². The molecule has 4 aliphatic carbocycles. The van der Waals surface area contributed by atoms with Crippen molar-refractivity contribution in [2.45, 2.75) is 43.5 Å². The van der Waals surface area contributed by atoms with Gasteiger partial charge in [-0.3, -0.25) is 0 Å². The Hall–Kier alpha value is -1.14. The first-order chi connectivity index (χ1) is 11.7. The highest BCUT2D eigenvalue weighted by Crippen LogP contribution is 2.69. The van der Waals surface area contributed by atoms with Gasteiger partial charge in [0.2, 0.25) is 0 Å². The Morgan fingerprint density at radius 3 is 2.29 bits per heavy atom. The summed E-state index contributed by atoms with van der Waals surface area (Å²) in [7, 11) is 0. The standard InChI is InChI=1S/C19H24O5/c20-4-5-22-19(14-2-1-3-17(21)11-14)18(23-24-19)15-7-12-6-13(9-15)10-16(18)8-12/h1-3,11-13,15-16,20-21H,4-10H2. The van der Waals surface area contributed by atoms with Crippen molar-refractivity contribution in [2.75, 3.05) is 13.2 Å². The molecular formula is C19H24O5. The number of aliphatic hydroxyl groups excluding tert-OH is 1. The zero-order chi connectivity index (χ0) is 16.4. The van der Waals surface area contributed by atoms with Gasteiger partial charge in [0.15, 0.2) is 5.60 Å². The molecule has 0 radical (unpaired) electrons. The highest BCUT2D eigenvalue weighted by Gasteiger charge is 2.76. The van der Waals surface area contributed by atoms with Gasteiger partial charge in [-0.05, 0) is 67.9 Å². The third-order valence-corrected chi connectivity index (χ3v) is 6.79. The molecule has 2 N–H and O–H groups in total. The van der Waals surface area contributed by atoms with Crippen molar-refractivity contribution in [1.82, 2.24) is 0 Å². The first kappa shape index (κ1) is 15.1. The van der Waals surface area contributed by atoms with E-state index in [-0.39, 0.29) is 19.0 Å². The van der Waals surface area contributed by atoms with E-state index in [1.807, 2.05) is 6.07 Å². The molecule has 1 atom stereocenters. The molecule has 5 nitrogen and oxygen atoms in total. The van der Waals surface area contributed by atoms with E-state index in [1.54, 1.807) is 18.2 Å². The van der Waals surface area contributed by atoms with Crippen LogP contribution in [0.3, 0.4) is 0 Å². The van der Waals surface area contributed by atoms with Crippen molar-refractivity contribution in [3.05, 3.63) is 29.8 Å². The molecule has 4 bridgehead atoms. The Labute approximate surface area is 141 Å². The van der Waals surface area contributed by atoms with E-state index in [2.05, 4.69) is 0 Å². The lowest BCUT2D eigenvalue weighted by atomic mass is 9.47. The summed E-state index contributed by atoms with van der Waals surface area (Å²) in [5.41, 5.74) is 0.304. The number of aliphatic hydroxyl groups is 1. The molecule has 24 heavy (non-hydrogen) atoms. The largest absolute Gasteiger partial charge is 0.508 e. The topological polar surface area (TPSA) is 68.2 Å². The summed E-state index contributed by atoms with van der Waals surface area (Å²) in [6, 6.07) is 7.08. The number of hydrogen-bond donors (Lipinski definition) is 2. The van der Waals surface area contributed by atoms with Gasteiger partial charge in [-0.15, -0.1) is 0 Å². The van der Waals surface area contributed by atoms with Crippen LogP contribution >= 0.6 is 0 Å². The molecule has 5 aliphatic rings. The maximum atomic E-state index is 9.96. The highest BCUT2D eigenvalue weighted by atomic mass is 17.3. The van der Waals surface area contributed by atoms with Crippen LogP contribution in [0.2, 0.25) is 0 Å². The summed E-state index contributed by atoms with van der Waals surface area (Å²) < 4.78 is 6.13. The van der Waals surface area contributed by atoms with Crippen molar-refractivity contribution in [2.24, 2.45) is 23.7 Å². The van der Waals surface area contributed by atoms with E-state index in [1.165, 1.54) is 32.1 Å². The van der Waals surface area contributed by atoms with Gasteiger partial charge in [0, 0.05) is 5.56 Å². The summed E-state index contributed by atoms with van der Waals surface area (Å²) in [5.74, 6) is 1.63. The van der Waals surface area contributed by atoms with Crippen LogP contribution in [0.1, 0.15) is 37.7 Å². The van der Waals surface area contributed by atoms with E-state index < -0.39 is 11.4 Å². The van der Waals surface area contributed by atoms with Crippen LogP contribution in [0.15, 0.2) is 24.3 Å². The molecule has 6 rings (SSSR count). The molecule has 5 heteroatoms. The molecule has 4 saturated carbocycles. The average Bonchev–Trinajstić information content (AvgIpc) is 2.54. The molecule has 1 saturated heterocycles. The average molecular weight is 332 g/mol. The number of ether oxygens (including phenoxy) is 1. The zero-order valence-electron chi connectivity index (χ0n) is 13.7. The molecular weight excluding hydrogens is 308 g/mol. The lowest BCUT2D eigenvalue weighted by molar-refractivity contribution is -0.648. The molecule has 1 aromatic rings. The molecule has 1 aromatic carbocycles. The number of phenolic OH excluding ortho intramolecular Hbond substituents is 1. The maximum Gasteiger partial charge on any atom is 0.261 e. The van der Waals surface area contributed by atoms with Crippen LogP contribution in [0.4, 0.5) is 0 Å². The van der Waals surface area contributed by atoms with Crippen LogP contribution in [-0.4, -0.2) is 29.0 Å². The van der Waals surface area contributed by atoms with Crippen LogP contribution in [0, 0.1) is 23.7 Å². The number of hydrogen-bond acceptors (Lipinski definition) is 5. The lowest BCUT2D eigenvalue weighted by Gasteiger charge is -2.68. The third-order valence-electron chi connectivity index (χ3n) is 6.79. The van der Waals surface area contributed by atoms with Crippen LogP contribution < -0.4 is 0 Å². The van der Waals surface area contributed by atoms with Crippen LogP contribution in [-0.2, 0) is 20.3 Å². The fraction of sp³-hybridized carbons (Fsp3) is 0.684. The van der Waals surface area contributed by atoms with Gasteiger partial charge in [-0.2, -0.15) is 4.89 Å². The lowest BCUT2D eigenvalue weighted by Crippen LogP contribution is -2.76. The fourth-order valence-electron chi connectivity index (χ4n) is 6.17. The Bertz CT molecular complexity index is 616. The maximum absolute atomic E-state index is 9.96. The third kappa shape index (κ3) is 1.79. The minimum Gasteiger partial charge on any atom is -0.508 e. The van der Waals surface area contributed by atoms with E-state index in [0.717, 1.165) is 17.4 Å². The SMILES string of the molecule is OCCOC1(c2cccc(O)c2)OOC12C1CC3CC(C1)CC2C3. The summed E-state index contributed by atoms with van der Waals surface area (Å²) in [4.78, 5) is 11.6. The summed E-state index contributed by atoms with van der Waals surface area (Å²) >= 11 is 0. The van der Waals surface area contributed by atoms with E-state index in [4.69, 9.17) is 14.5 Å². The van der Waals surface area contributed by atoms with Gasteiger partial charge >= 0.3 is 0 Å². The molecule has 1 aliphatic heterocycles. The van der Waals surface area contributed by atoms with Gasteiger partial charge < -0.3 is 14.9 Å². The molecule has 1 spiro atoms. The van der Waals surface area contributed by atoms with Crippen molar-refractivity contribution < 1.29 is 24.7 Å². The van der Waals surface area contributed by atoms with E-state index in [0.29, 0.717) is 11.8 Å². The molecule has 130 valence electrons. The minimum atomic E-state index is -1.02. The number of phenols is 1. The zero-order valence-corrected chi connectivity index (χ0v) is 13.7. The van der Waals surface area contributed by atoms with Crippen molar-refractivity contribution >= 4 is 0 Å². The number of benzene rings is 1. The minimum absolute atomic E-state index is 0.0689. The van der Waals surface area contributed by atoms with Gasteiger partial charge in [-0.25, -0.2) is 4.89 Å². The Morgan fingerprint density at radius 2 is 1.75 bits per heavy atom. The predicted molar refractivity (Wildman–Crippen MR) is 84.8 cm³/mol. The fourth-order valence-corrected chi connectivity index (χ4v) is 6.17. The van der Waals surface area contributed by atoms with E-state index >= 15 is 0 Å². The Morgan fingerprint density at radius 1 is 1.04 bits per heavy atom. The second-order valence-electron chi connectivity index (χ2n) is 8.00. The molecule has 5 fully saturated rings. The number of aromatic hydroxyl groups is 1. The van der Waals surface area contributed by atoms with Crippen molar-refractivity contribution in [1.29, 1.82) is 0 Å². The highest BCUT2D eigenvalue weighted by molar-refractivity contribution is 5.35. The Balaban J connectivity index is 1.60. The van der Waals surface area contributed by atoms with Crippen molar-refractivity contribution in [3.63, 3.8) is 0 Å². The second kappa shape index (κ2) is 5.18. The normalized spacial score (nSPS) is 45.5. The predicted octanol–water partition coefficient (Wildman–Crippen LogP) is 2.71. The molecule has 0 aromatic heterocycles. The van der Waals surface area contributed by atoms with Gasteiger partial charge in [0.25, 0.3) is 5.79 Å². The monoisotopic (exact) mass is 332 g/mol. The van der Waals surface area contributed by atoms with Gasteiger partial charge in [-0.1, -0.05) is 12.1 Å². The number of rotatable bonds is 4. The molecule has 1 unspecified atom stereocenters. The first-order valence-electron chi connectivity index (χ1n) is 9.09. The van der Waals surface area contributed by atoms with Crippen LogP contribution in [0.5, 0.6) is 5.75 Å².